The maximum absolute atomic E-state index is 5.34. The summed E-state index contributed by atoms with van der Waals surface area (Å²) in [6, 6.07) is 0.705. The van der Waals surface area contributed by atoms with Gasteiger partial charge in [-0.3, -0.25) is 4.90 Å². The van der Waals surface area contributed by atoms with Gasteiger partial charge < -0.3 is 5.32 Å². The fourth-order valence-corrected chi connectivity index (χ4v) is 1.98. The summed E-state index contributed by atoms with van der Waals surface area (Å²) in [7, 11) is 0. The van der Waals surface area contributed by atoms with Gasteiger partial charge in [0, 0.05) is 6.04 Å². The largest absolute Gasteiger partial charge is 0.317 e. The molecular formula is C11H21ClN2. The fraction of sp³-hybridized carbons (Fsp3) is 0.818. The van der Waals surface area contributed by atoms with Gasteiger partial charge in [-0.05, 0) is 38.9 Å². The van der Waals surface area contributed by atoms with Gasteiger partial charge in [0.25, 0.3) is 0 Å². The molecular weight excluding hydrogens is 196 g/mol. The molecule has 1 aliphatic rings. The molecule has 1 unspecified atom stereocenters. The molecule has 1 heterocycles. The normalized spacial score (nSPS) is 22.2. The predicted molar refractivity (Wildman–Crippen MR) is 63.8 cm³/mol. The maximum Gasteiger partial charge on any atom is 0.0601 e. The van der Waals surface area contributed by atoms with Crippen LogP contribution in [0.5, 0.6) is 0 Å². The van der Waals surface area contributed by atoms with Gasteiger partial charge in [0.1, 0.15) is 0 Å². The van der Waals surface area contributed by atoms with Gasteiger partial charge in [-0.15, -0.1) is 18.8 Å². The van der Waals surface area contributed by atoms with Crippen LogP contribution in [0.2, 0.25) is 0 Å². The van der Waals surface area contributed by atoms with Gasteiger partial charge in [0.15, 0.2) is 0 Å². The summed E-state index contributed by atoms with van der Waals surface area (Å²) >= 11 is 0. The average Bonchev–Trinajstić information content (AvgIpc) is 2.42. The topological polar surface area (TPSA) is 15.3 Å². The van der Waals surface area contributed by atoms with Crippen molar-refractivity contribution in [3.8, 4) is 12.3 Å². The number of hydrogen-bond acceptors (Lipinski definition) is 2. The molecule has 3 heteroatoms. The van der Waals surface area contributed by atoms with Crippen LogP contribution in [0.15, 0.2) is 0 Å². The van der Waals surface area contributed by atoms with Gasteiger partial charge in [-0.2, -0.15) is 0 Å². The lowest BCUT2D eigenvalue weighted by Crippen LogP contribution is -2.36. The molecule has 0 bridgehead atoms. The van der Waals surface area contributed by atoms with Crippen LogP contribution in [0, 0.1) is 12.3 Å². The number of rotatable bonds is 3. The molecule has 1 N–H and O–H groups in total. The SMILES string of the molecule is C#CCN(CC)C1CCCNCC1.Cl. The molecule has 1 rings (SSSR count). The molecule has 14 heavy (non-hydrogen) atoms. The van der Waals surface area contributed by atoms with Gasteiger partial charge in [-0.1, -0.05) is 12.8 Å². The molecule has 0 amide bonds. The first-order chi connectivity index (χ1) is 6.38. The molecule has 0 radical (unpaired) electrons. The highest BCUT2D eigenvalue weighted by Crippen LogP contribution is 2.12. The third kappa shape index (κ3) is 4.32. The molecule has 0 saturated carbocycles. The number of hydrogen-bond donors (Lipinski definition) is 1. The van der Waals surface area contributed by atoms with Crippen LogP contribution in [0.4, 0.5) is 0 Å². The van der Waals surface area contributed by atoms with Gasteiger partial charge >= 0.3 is 0 Å². The molecule has 0 aromatic rings. The first-order valence-electron chi connectivity index (χ1n) is 5.26. The molecule has 1 atom stereocenters. The molecule has 2 nitrogen and oxygen atoms in total. The van der Waals surface area contributed by atoms with Crippen molar-refractivity contribution in [1.29, 1.82) is 0 Å². The van der Waals surface area contributed by atoms with E-state index in [4.69, 9.17) is 6.42 Å². The van der Waals surface area contributed by atoms with E-state index in [1.165, 1.54) is 25.8 Å². The molecule has 1 saturated heterocycles. The molecule has 82 valence electrons. The van der Waals surface area contributed by atoms with Crippen molar-refractivity contribution in [2.45, 2.75) is 32.2 Å². The summed E-state index contributed by atoms with van der Waals surface area (Å²) < 4.78 is 0. The van der Waals surface area contributed by atoms with Gasteiger partial charge in [0.2, 0.25) is 0 Å². The second-order valence-electron chi connectivity index (χ2n) is 3.60. The Morgan fingerprint density at radius 3 is 2.86 bits per heavy atom. The first-order valence-corrected chi connectivity index (χ1v) is 5.26. The fourth-order valence-electron chi connectivity index (χ4n) is 1.98. The Hall–Kier alpha value is -0.230. The molecule has 1 aliphatic heterocycles. The lowest BCUT2D eigenvalue weighted by atomic mass is 10.1. The highest BCUT2D eigenvalue weighted by Gasteiger charge is 2.17. The second kappa shape index (κ2) is 8.11. The van der Waals surface area contributed by atoms with Crippen molar-refractivity contribution in [1.82, 2.24) is 10.2 Å². The minimum atomic E-state index is 0. The van der Waals surface area contributed by atoms with E-state index < -0.39 is 0 Å². The standard InChI is InChI=1S/C11H20N2.ClH/c1-3-10-13(4-2)11-6-5-8-12-9-7-11;/h1,11-12H,4-10H2,2H3;1H. The Balaban J connectivity index is 0.00000169. The van der Waals surface area contributed by atoms with Crippen LogP contribution >= 0.6 is 12.4 Å². The molecule has 0 aromatic carbocycles. The quantitative estimate of drug-likeness (QED) is 0.720. The monoisotopic (exact) mass is 216 g/mol. The summed E-state index contributed by atoms with van der Waals surface area (Å²) in [6.45, 7) is 6.39. The number of nitrogens with one attached hydrogen (secondary N) is 1. The summed E-state index contributed by atoms with van der Waals surface area (Å²) in [4.78, 5) is 2.41. The Morgan fingerprint density at radius 1 is 1.43 bits per heavy atom. The number of nitrogens with zero attached hydrogens (tertiary/aromatic N) is 1. The average molecular weight is 217 g/mol. The van der Waals surface area contributed by atoms with Crippen molar-refractivity contribution in [2.24, 2.45) is 0 Å². The Bertz CT molecular complexity index is 169. The van der Waals surface area contributed by atoms with Gasteiger partial charge in [-0.25, -0.2) is 0 Å². The van der Waals surface area contributed by atoms with Crippen molar-refractivity contribution in [3.05, 3.63) is 0 Å². The highest BCUT2D eigenvalue weighted by molar-refractivity contribution is 5.85. The van der Waals surface area contributed by atoms with Crippen molar-refractivity contribution < 1.29 is 0 Å². The highest BCUT2D eigenvalue weighted by atomic mass is 35.5. The van der Waals surface area contributed by atoms with Crippen molar-refractivity contribution in [3.63, 3.8) is 0 Å². The van der Waals surface area contributed by atoms with Crippen LogP contribution in [-0.4, -0.2) is 37.1 Å². The van der Waals surface area contributed by atoms with Crippen LogP contribution < -0.4 is 5.32 Å². The van der Waals surface area contributed by atoms with E-state index in [9.17, 15) is 0 Å². The zero-order valence-electron chi connectivity index (χ0n) is 8.96. The van der Waals surface area contributed by atoms with Crippen LogP contribution in [-0.2, 0) is 0 Å². The zero-order chi connectivity index (χ0) is 9.52. The van der Waals surface area contributed by atoms with E-state index in [1.54, 1.807) is 0 Å². The van der Waals surface area contributed by atoms with E-state index in [-0.39, 0.29) is 12.4 Å². The smallest absolute Gasteiger partial charge is 0.0601 e. The summed E-state index contributed by atoms with van der Waals surface area (Å²) in [5.74, 6) is 2.74. The van der Waals surface area contributed by atoms with Crippen molar-refractivity contribution in [2.75, 3.05) is 26.2 Å². The molecule has 0 spiro atoms. The lowest BCUT2D eigenvalue weighted by molar-refractivity contribution is 0.215. The third-order valence-electron chi connectivity index (χ3n) is 2.76. The van der Waals surface area contributed by atoms with Crippen LogP contribution in [0.25, 0.3) is 0 Å². The number of halogens is 1. The second-order valence-corrected chi connectivity index (χ2v) is 3.60. The Labute approximate surface area is 93.8 Å². The van der Waals surface area contributed by atoms with Crippen LogP contribution in [0.3, 0.4) is 0 Å². The first kappa shape index (κ1) is 13.8. The van der Waals surface area contributed by atoms with E-state index in [1.807, 2.05) is 0 Å². The van der Waals surface area contributed by atoms with E-state index >= 15 is 0 Å². The lowest BCUT2D eigenvalue weighted by Gasteiger charge is -2.27. The third-order valence-corrected chi connectivity index (χ3v) is 2.76. The van der Waals surface area contributed by atoms with E-state index in [2.05, 4.69) is 23.1 Å². The zero-order valence-corrected chi connectivity index (χ0v) is 9.78. The molecule has 1 fully saturated rings. The van der Waals surface area contributed by atoms with Crippen LogP contribution in [0.1, 0.15) is 26.2 Å². The maximum atomic E-state index is 5.34. The van der Waals surface area contributed by atoms with E-state index in [0.717, 1.165) is 19.6 Å². The summed E-state index contributed by atoms with van der Waals surface area (Å²) in [5, 5.41) is 3.42. The number of terminal acetylenes is 1. The van der Waals surface area contributed by atoms with E-state index in [0.29, 0.717) is 6.04 Å². The van der Waals surface area contributed by atoms with Gasteiger partial charge in [0.05, 0.1) is 6.54 Å². The molecule has 0 aromatic heterocycles. The molecule has 0 aliphatic carbocycles. The summed E-state index contributed by atoms with van der Waals surface area (Å²) in [6.07, 6.45) is 9.17. The minimum absolute atomic E-state index is 0. The summed E-state index contributed by atoms with van der Waals surface area (Å²) in [5.41, 5.74) is 0. The predicted octanol–water partition coefficient (Wildman–Crippen LogP) is 1.51. The Morgan fingerprint density at radius 2 is 2.21 bits per heavy atom. The Kier molecular flexibility index (Phi) is 7.98. The minimum Gasteiger partial charge on any atom is -0.317 e. The van der Waals surface area contributed by atoms with Crippen molar-refractivity contribution >= 4 is 12.4 Å².